The van der Waals surface area contributed by atoms with Crippen molar-refractivity contribution in [1.29, 1.82) is 0 Å². The molecule has 0 radical (unpaired) electrons. The first-order chi connectivity index (χ1) is 13.9. The normalized spacial score (nSPS) is 20.5. The number of hydroxylamine groups is 1. The number of aryl methyl sites for hydroxylation is 1. The van der Waals surface area contributed by atoms with Gasteiger partial charge in [0.05, 0.1) is 12.5 Å². The van der Waals surface area contributed by atoms with Gasteiger partial charge in [0.15, 0.2) is 5.78 Å². The van der Waals surface area contributed by atoms with Crippen molar-refractivity contribution in [2.75, 3.05) is 6.54 Å². The highest BCUT2D eigenvalue weighted by Gasteiger charge is 2.55. The largest absolute Gasteiger partial charge is 0.332 e. The Bertz CT molecular complexity index is 758. The molecule has 1 aromatic rings. The van der Waals surface area contributed by atoms with Crippen LogP contribution in [0.3, 0.4) is 0 Å². The van der Waals surface area contributed by atoms with Gasteiger partial charge in [-0.15, -0.1) is 0 Å². The summed E-state index contributed by atoms with van der Waals surface area (Å²) in [5.41, 5.74) is 3.46. The lowest BCUT2D eigenvalue weighted by atomic mass is 9.95. The second kappa shape index (κ2) is 9.03. The van der Waals surface area contributed by atoms with Crippen molar-refractivity contribution in [1.82, 2.24) is 15.4 Å². The zero-order valence-electron chi connectivity index (χ0n) is 17.3. The molecule has 0 unspecified atom stereocenters. The molecule has 7 nitrogen and oxygen atoms in total. The second-order valence-electron chi connectivity index (χ2n) is 8.73. The van der Waals surface area contributed by atoms with Gasteiger partial charge in [-0.25, -0.2) is 5.48 Å². The first kappa shape index (κ1) is 21.4. The molecule has 1 aliphatic carbocycles. The van der Waals surface area contributed by atoms with E-state index in [1.165, 1.54) is 0 Å². The molecule has 2 aliphatic rings. The van der Waals surface area contributed by atoms with Gasteiger partial charge in [0.1, 0.15) is 0 Å². The molecule has 1 spiro atoms. The summed E-state index contributed by atoms with van der Waals surface area (Å²) in [7, 11) is 0. The first-order valence-electron chi connectivity index (χ1n) is 10.5. The van der Waals surface area contributed by atoms with Crippen LogP contribution in [0, 0.1) is 18.3 Å². The molecular weight excluding hydrogens is 370 g/mol. The summed E-state index contributed by atoms with van der Waals surface area (Å²) in [6.45, 7) is 4.57. The van der Waals surface area contributed by atoms with Gasteiger partial charge in [-0.3, -0.25) is 24.6 Å². The smallest absolute Gasteiger partial charge is 0.244 e. The number of likely N-dealkylation sites (tertiary alicyclic amines) is 1. The van der Waals surface area contributed by atoms with Gasteiger partial charge in [0.25, 0.3) is 0 Å². The summed E-state index contributed by atoms with van der Waals surface area (Å²) in [6.07, 6.45) is 7.00. The van der Waals surface area contributed by atoms with Crippen LogP contribution in [0.15, 0.2) is 18.3 Å². The summed E-state index contributed by atoms with van der Waals surface area (Å²) in [4.78, 5) is 44.2. The van der Waals surface area contributed by atoms with Crippen molar-refractivity contribution in [3.05, 3.63) is 29.6 Å². The summed E-state index contributed by atoms with van der Waals surface area (Å²) >= 11 is 0. The van der Waals surface area contributed by atoms with Crippen LogP contribution in [0.2, 0.25) is 0 Å². The van der Waals surface area contributed by atoms with Crippen LogP contribution in [-0.4, -0.2) is 45.3 Å². The number of carbonyl (C=O) groups excluding carboxylic acids is 3. The SMILES string of the molecule is CCCC[C@H](CC(=O)NO)C(=O)N1CC2(CC2)C[C@H]1C(=O)Cc1ccc(C)cn1. The molecule has 1 aromatic heterocycles. The molecule has 7 heteroatoms. The van der Waals surface area contributed by atoms with E-state index in [0.717, 1.165) is 31.2 Å². The van der Waals surface area contributed by atoms with E-state index < -0.39 is 17.9 Å². The molecule has 3 rings (SSSR count). The molecule has 1 aliphatic heterocycles. The number of aromatic nitrogens is 1. The fourth-order valence-corrected chi connectivity index (χ4v) is 4.28. The third-order valence-electron chi connectivity index (χ3n) is 6.26. The molecule has 2 fully saturated rings. The Labute approximate surface area is 171 Å². The van der Waals surface area contributed by atoms with Gasteiger partial charge in [-0.1, -0.05) is 25.8 Å². The molecule has 2 heterocycles. The molecular formula is C22H31N3O4. The Balaban J connectivity index is 1.74. The number of ketones is 1. The highest BCUT2D eigenvalue weighted by atomic mass is 16.5. The zero-order chi connectivity index (χ0) is 21.0. The van der Waals surface area contributed by atoms with Crippen molar-refractivity contribution in [3.8, 4) is 0 Å². The molecule has 1 saturated carbocycles. The Morgan fingerprint density at radius 1 is 1.34 bits per heavy atom. The Morgan fingerprint density at radius 2 is 2.10 bits per heavy atom. The van der Waals surface area contributed by atoms with Crippen LogP contribution < -0.4 is 5.48 Å². The lowest BCUT2D eigenvalue weighted by Gasteiger charge is -2.28. The van der Waals surface area contributed by atoms with E-state index in [4.69, 9.17) is 5.21 Å². The van der Waals surface area contributed by atoms with E-state index in [0.29, 0.717) is 25.1 Å². The number of hydrogen-bond donors (Lipinski definition) is 2. The van der Waals surface area contributed by atoms with E-state index in [1.54, 1.807) is 16.6 Å². The van der Waals surface area contributed by atoms with E-state index in [-0.39, 0.29) is 29.9 Å². The molecule has 29 heavy (non-hydrogen) atoms. The predicted octanol–water partition coefficient (Wildman–Crippen LogP) is 2.58. The molecule has 2 N–H and O–H groups in total. The maximum Gasteiger partial charge on any atom is 0.244 e. The minimum atomic E-state index is -0.563. The molecule has 0 aromatic carbocycles. The van der Waals surface area contributed by atoms with Gasteiger partial charge < -0.3 is 4.90 Å². The first-order valence-corrected chi connectivity index (χ1v) is 10.5. The fraction of sp³-hybridized carbons (Fsp3) is 0.636. The summed E-state index contributed by atoms with van der Waals surface area (Å²) in [5, 5.41) is 8.89. The number of carbonyl (C=O) groups is 3. The van der Waals surface area contributed by atoms with E-state index >= 15 is 0 Å². The monoisotopic (exact) mass is 401 g/mol. The molecule has 1 saturated heterocycles. The highest BCUT2D eigenvalue weighted by Crippen LogP contribution is 2.55. The van der Waals surface area contributed by atoms with Crippen molar-refractivity contribution >= 4 is 17.6 Å². The molecule has 2 amide bonds. The van der Waals surface area contributed by atoms with Crippen LogP contribution in [-0.2, 0) is 20.8 Å². The van der Waals surface area contributed by atoms with Gasteiger partial charge in [-0.2, -0.15) is 0 Å². The number of nitrogens with zero attached hydrogens (tertiary/aromatic N) is 2. The molecule has 2 atom stereocenters. The number of Topliss-reactive ketones (excluding diaryl/α,β-unsaturated/α-hetero) is 1. The van der Waals surface area contributed by atoms with E-state index in [9.17, 15) is 14.4 Å². The second-order valence-corrected chi connectivity index (χ2v) is 8.73. The van der Waals surface area contributed by atoms with Crippen molar-refractivity contribution in [3.63, 3.8) is 0 Å². The zero-order valence-corrected chi connectivity index (χ0v) is 17.3. The minimum absolute atomic E-state index is 0.0133. The molecule has 158 valence electrons. The van der Waals surface area contributed by atoms with Gasteiger partial charge in [0.2, 0.25) is 11.8 Å². The summed E-state index contributed by atoms with van der Waals surface area (Å²) in [5.74, 6) is -1.20. The van der Waals surface area contributed by atoms with Crippen molar-refractivity contribution < 1.29 is 19.6 Å². The van der Waals surface area contributed by atoms with Crippen LogP contribution in [0.1, 0.15) is 63.1 Å². The van der Waals surface area contributed by atoms with Crippen LogP contribution >= 0.6 is 0 Å². The van der Waals surface area contributed by atoms with E-state index in [1.807, 2.05) is 26.0 Å². The molecule has 0 bridgehead atoms. The van der Waals surface area contributed by atoms with Gasteiger partial charge in [0, 0.05) is 30.8 Å². The third-order valence-corrected chi connectivity index (χ3v) is 6.26. The fourth-order valence-electron chi connectivity index (χ4n) is 4.28. The van der Waals surface area contributed by atoms with Gasteiger partial charge >= 0.3 is 0 Å². The number of hydrogen-bond acceptors (Lipinski definition) is 5. The lowest BCUT2D eigenvalue weighted by molar-refractivity contribution is -0.144. The van der Waals surface area contributed by atoms with Crippen LogP contribution in [0.25, 0.3) is 0 Å². The maximum atomic E-state index is 13.3. The number of rotatable bonds is 9. The minimum Gasteiger partial charge on any atom is -0.332 e. The summed E-state index contributed by atoms with van der Waals surface area (Å²) in [6, 6.07) is 3.34. The van der Waals surface area contributed by atoms with E-state index in [2.05, 4.69) is 4.98 Å². The third kappa shape index (κ3) is 5.21. The number of amides is 2. The predicted molar refractivity (Wildman–Crippen MR) is 107 cm³/mol. The van der Waals surface area contributed by atoms with Crippen molar-refractivity contribution in [2.24, 2.45) is 11.3 Å². The van der Waals surface area contributed by atoms with Crippen LogP contribution in [0.4, 0.5) is 0 Å². The van der Waals surface area contributed by atoms with Crippen molar-refractivity contribution in [2.45, 2.75) is 71.3 Å². The highest BCUT2D eigenvalue weighted by molar-refractivity contribution is 5.93. The lowest BCUT2D eigenvalue weighted by Crippen LogP contribution is -2.45. The van der Waals surface area contributed by atoms with Crippen LogP contribution in [0.5, 0.6) is 0 Å². The topological polar surface area (TPSA) is 99.6 Å². The number of nitrogens with one attached hydrogen (secondary N) is 1. The quantitative estimate of drug-likeness (QED) is 0.489. The maximum absolute atomic E-state index is 13.3. The summed E-state index contributed by atoms with van der Waals surface area (Å²) < 4.78 is 0. The standard InChI is InChI=1S/C22H31N3O4/c1-3-4-5-16(10-20(27)24-29)21(28)25-14-22(8-9-22)12-18(25)19(26)11-17-7-6-15(2)13-23-17/h6-7,13,16,18,29H,3-5,8-12,14H2,1-2H3,(H,24,27)/t16-,18+/m1/s1. The number of unbranched alkanes of at least 4 members (excludes halogenated alkanes) is 1. The average Bonchev–Trinajstić information content (AvgIpc) is 3.36. The van der Waals surface area contributed by atoms with Gasteiger partial charge in [-0.05, 0) is 49.7 Å². The Kier molecular flexibility index (Phi) is 6.67. The average molecular weight is 402 g/mol. The number of pyridine rings is 1. The Hall–Kier alpha value is -2.28. The Morgan fingerprint density at radius 3 is 2.69 bits per heavy atom.